The number of carbonyl (C=O) groups is 3. The lowest BCUT2D eigenvalue weighted by molar-refractivity contribution is -0.870. The molecule has 1 N–H and O–H groups in total. The van der Waals surface area contributed by atoms with Gasteiger partial charge in [-0.2, -0.15) is 0 Å². The third kappa shape index (κ3) is 7.18. The van der Waals surface area contributed by atoms with Crippen molar-refractivity contribution in [3.05, 3.63) is 53.6 Å². The molecule has 3 atom stereocenters. The van der Waals surface area contributed by atoms with Crippen LogP contribution in [0.25, 0.3) is 0 Å². The molecule has 0 aliphatic carbocycles. The number of carbonyl (C=O) groups excluding carboxylic acids is 2. The van der Waals surface area contributed by atoms with E-state index in [1.54, 1.807) is 4.90 Å². The van der Waals surface area contributed by atoms with E-state index in [0.717, 1.165) is 47.1 Å². The third-order valence-electron chi connectivity index (χ3n) is 9.16. The maximum atomic E-state index is 13.9. The molecule has 1 unspecified atom stereocenters. The molecule has 0 radical (unpaired) electrons. The third-order valence-corrected chi connectivity index (χ3v) is 9.16. The molecule has 0 bridgehead atoms. The predicted octanol–water partition coefficient (Wildman–Crippen LogP) is 3.59. The zero-order valence-corrected chi connectivity index (χ0v) is 26.5. The average Bonchev–Trinajstić information content (AvgIpc) is 3.67. The summed E-state index contributed by atoms with van der Waals surface area (Å²) in [4.78, 5) is 45.6. The van der Waals surface area contributed by atoms with Crippen LogP contribution in [-0.2, 0) is 20.8 Å². The highest BCUT2D eigenvalue weighted by atomic mass is 16.7. The highest BCUT2D eigenvalue weighted by molar-refractivity contribution is 6.01. The Morgan fingerprint density at radius 2 is 1.80 bits per heavy atom. The summed E-state index contributed by atoms with van der Waals surface area (Å²) < 4.78 is 11.9. The number of likely N-dealkylation sites (tertiary alicyclic amines) is 1. The SMILES string of the molecule is CCCCN(CCC[N+](C)(C)C)C(=O)CN1C[C@H](c2ccc3c(c2)OCO3)C(C(=O)O)[C@@H]1CCN1C(=O)Cc2ccccc21. The summed E-state index contributed by atoms with van der Waals surface area (Å²) in [7, 11) is 6.45. The number of fused-ring (bicyclic) bond motifs is 2. The van der Waals surface area contributed by atoms with Gasteiger partial charge in [-0.25, -0.2) is 0 Å². The fraction of sp³-hybridized carbons (Fsp3) is 0.559. The van der Waals surface area contributed by atoms with Crippen LogP contribution in [0.5, 0.6) is 11.5 Å². The second kappa shape index (κ2) is 13.6. The Balaban J connectivity index is 1.39. The number of ether oxygens (including phenoxy) is 2. The van der Waals surface area contributed by atoms with Gasteiger partial charge in [0.15, 0.2) is 11.5 Å². The molecule has 1 fully saturated rings. The Hall–Kier alpha value is -3.63. The maximum Gasteiger partial charge on any atom is 0.308 e. The van der Waals surface area contributed by atoms with Gasteiger partial charge < -0.3 is 28.9 Å². The number of para-hydroxylation sites is 1. The van der Waals surface area contributed by atoms with Crippen molar-refractivity contribution in [2.24, 2.45) is 5.92 Å². The molecule has 0 saturated carbocycles. The zero-order chi connectivity index (χ0) is 31.4. The Morgan fingerprint density at radius 3 is 2.55 bits per heavy atom. The van der Waals surface area contributed by atoms with Gasteiger partial charge >= 0.3 is 5.97 Å². The van der Waals surface area contributed by atoms with Crippen molar-refractivity contribution >= 4 is 23.5 Å². The van der Waals surface area contributed by atoms with E-state index in [4.69, 9.17) is 9.47 Å². The van der Waals surface area contributed by atoms with E-state index in [1.807, 2.05) is 47.4 Å². The molecule has 3 aliphatic heterocycles. The Bertz CT molecular complexity index is 1360. The Morgan fingerprint density at radius 1 is 1.05 bits per heavy atom. The predicted molar refractivity (Wildman–Crippen MR) is 168 cm³/mol. The van der Waals surface area contributed by atoms with E-state index in [-0.39, 0.29) is 31.1 Å². The summed E-state index contributed by atoms with van der Waals surface area (Å²) in [6.45, 7) is 5.56. The second-order valence-electron chi connectivity index (χ2n) is 13.3. The fourth-order valence-corrected chi connectivity index (χ4v) is 6.88. The van der Waals surface area contributed by atoms with Gasteiger partial charge in [-0.15, -0.1) is 0 Å². The van der Waals surface area contributed by atoms with Crippen LogP contribution in [0.4, 0.5) is 5.69 Å². The number of hydrogen-bond donors (Lipinski definition) is 1. The number of carboxylic acids is 1. The van der Waals surface area contributed by atoms with E-state index < -0.39 is 17.9 Å². The van der Waals surface area contributed by atoms with Crippen molar-refractivity contribution in [1.82, 2.24) is 9.80 Å². The van der Waals surface area contributed by atoms with Crippen molar-refractivity contribution in [1.29, 1.82) is 0 Å². The number of rotatable bonds is 14. The molecular formula is C34H47N4O6+. The molecule has 3 heterocycles. The molecule has 2 amide bonds. The summed E-state index contributed by atoms with van der Waals surface area (Å²) in [5.74, 6) is -0.681. The standard InChI is InChI=1S/C34H46N4O6/c1-5-6-15-35(16-9-18-38(2,3)4)32(40)22-36-21-26(24-12-13-29-30(19-24)44-23-43-29)33(34(41)42)28(36)14-17-37-27-11-8-7-10-25(27)20-31(37)39/h7-8,10-13,19,26,28,33H,5-6,9,14-18,20-23H2,1-4H3/p+1/t26-,28+,33?/m1/s1. The van der Waals surface area contributed by atoms with E-state index in [1.165, 1.54) is 0 Å². The topological polar surface area (TPSA) is 99.6 Å². The molecule has 0 spiro atoms. The summed E-state index contributed by atoms with van der Waals surface area (Å²) in [5, 5.41) is 10.6. The molecule has 2 aromatic carbocycles. The molecule has 5 rings (SSSR count). The van der Waals surface area contributed by atoms with Crippen molar-refractivity contribution in [2.75, 3.05) is 72.1 Å². The number of anilines is 1. The average molecular weight is 608 g/mol. The van der Waals surface area contributed by atoms with Crippen LogP contribution in [0.15, 0.2) is 42.5 Å². The quantitative estimate of drug-likeness (QED) is 0.328. The summed E-state index contributed by atoms with van der Waals surface area (Å²) >= 11 is 0. The Kier molecular flexibility index (Phi) is 9.80. The van der Waals surface area contributed by atoms with Crippen molar-refractivity contribution < 1.29 is 33.4 Å². The van der Waals surface area contributed by atoms with Gasteiger partial charge in [0.05, 0.1) is 46.6 Å². The van der Waals surface area contributed by atoms with Gasteiger partial charge in [0.2, 0.25) is 18.6 Å². The number of quaternary nitrogens is 1. The van der Waals surface area contributed by atoms with E-state index in [0.29, 0.717) is 50.5 Å². The van der Waals surface area contributed by atoms with Gasteiger partial charge in [0.25, 0.3) is 0 Å². The van der Waals surface area contributed by atoms with Crippen LogP contribution < -0.4 is 14.4 Å². The van der Waals surface area contributed by atoms with Crippen LogP contribution in [-0.4, -0.2) is 110 Å². The molecular weight excluding hydrogens is 560 g/mol. The highest BCUT2D eigenvalue weighted by Gasteiger charge is 2.47. The monoisotopic (exact) mass is 607 g/mol. The lowest BCUT2D eigenvalue weighted by atomic mass is 9.84. The normalized spacial score (nSPS) is 21.1. The highest BCUT2D eigenvalue weighted by Crippen LogP contribution is 2.43. The van der Waals surface area contributed by atoms with Gasteiger partial charge in [0, 0.05) is 50.2 Å². The fourth-order valence-electron chi connectivity index (χ4n) is 6.88. The van der Waals surface area contributed by atoms with Crippen LogP contribution >= 0.6 is 0 Å². The van der Waals surface area contributed by atoms with E-state index >= 15 is 0 Å². The van der Waals surface area contributed by atoms with Crippen molar-refractivity contribution in [2.45, 2.75) is 51.0 Å². The largest absolute Gasteiger partial charge is 0.481 e. The number of nitrogens with zero attached hydrogens (tertiary/aromatic N) is 4. The van der Waals surface area contributed by atoms with Crippen molar-refractivity contribution in [3.63, 3.8) is 0 Å². The summed E-state index contributed by atoms with van der Waals surface area (Å²) in [6.07, 6.45) is 3.61. The lowest BCUT2D eigenvalue weighted by Gasteiger charge is -2.31. The van der Waals surface area contributed by atoms with E-state index in [2.05, 4.69) is 33.0 Å². The minimum absolute atomic E-state index is 0.0222. The summed E-state index contributed by atoms with van der Waals surface area (Å²) in [6, 6.07) is 13.0. The summed E-state index contributed by atoms with van der Waals surface area (Å²) in [5.41, 5.74) is 2.74. The Labute approximate surface area is 260 Å². The first-order chi connectivity index (χ1) is 21.1. The van der Waals surface area contributed by atoms with Crippen LogP contribution in [0.1, 0.15) is 49.7 Å². The van der Waals surface area contributed by atoms with Gasteiger partial charge in [-0.05, 0) is 42.2 Å². The first-order valence-corrected chi connectivity index (χ1v) is 15.9. The molecule has 0 aromatic heterocycles. The van der Waals surface area contributed by atoms with Gasteiger partial charge in [-0.1, -0.05) is 37.6 Å². The molecule has 10 nitrogen and oxygen atoms in total. The first-order valence-electron chi connectivity index (χ1n) is 15.9. The molecule has 2 aromatic rings. The molecule has 10 heteroatoms. The van der Waals surface area contributed by atoms with Crippen LogP contribution in [0.2, 0.25) is 0 Å². The number of carboxylic acid groups (broad SMARTS) is 1. The second-order valence-corrected chi connectivity index (χ2v) is 13.3. The molecule has 238 valence electrons. The van der Waals surface area contributed by atoms with Crippen LogP contribution in [0.3, 0.4) is 0 Å². The van der Waals surface area contributed by atoms with Crippen LogP contribution in [0, 0.1) is 5.92 Å². The number of aliphatic carboxylic acids is 1. The van der Waals surface area contributed by atoms with Gasteiger partial charge in [-0.3, -0.25) is 19.3 Å². The van der Waals surface area contributed by atoms with Crippen molar-refractivity contribution in [3.8, 4) is 11.5 Å². The number of unbranched alkanes of at least 4 members (excludes halogenated alkanes) is 1. The van der Waals surface area contributed by atoms with Gasteiger partial charge in [0.1, 0.15) is 0 Å². The first kappa shape index (κ1) is 31.8. The smallest absolute Gasteiger partial charge is 0.308 e. The zero-order valence-electron chi connectivity index (χ0n) is 26.5. The number of amides is 2. The molecule has 44 heavy (non-hydrogen) atoms. The lowest BCUT2D eigenvalue weighted by Crippen LogP contribution is -2.46. The minimum Gasteiger partial charge on any atom is -0.481 e. The minimum atomic E-state index is -0.897. The number of hydrogen-bond acceptors (Lipinski definition) is 6. The molecule has 1 saturated heterocycles. The maximum absolute atomic E-state index is 13.9. The van der Waals surface area contributed by atoms with E-state index in [9.17, 15) is 19.5 Å². The number of benzene rings is 2. The molecule has 3 aliphatic rings.